The van der Waals surface area contributed by atoms with E-state index in [-0.39, 0.29) is 0 Å². The number of rotatable bonds is 6. The van der Waals surface area contributed by atoms with Crippen molar-refractivity contribution in [2.24, 2.45) is 0 Å². The molecule has 3 rings (SSSR count). The summed E-state index contributed by atoms with van der Waals surface area (Å²) in [6.45, 7) is 4.86. The summed E-state index contributed by atoms with van der Waals surface area (Å²) < 4.78 is 11.4. The lowest BCUT2D eigenvalue weighted by atomic mass is 10.1. The Hall–Kier alpha value is -2.97. The molecular weight excluding hydrogens is 350 g/mol. The number of ether oxygens (including phenoxy) is 2. The highest BCUT2D eigenvalue weighted by Gasteiger charge is 2.14. The molecular formula is C20H18ClN3O2. The lowest BCUT2D eigenvalue weighted by Crippen LogP contribution is -2.01. The molecule has 0 unspecified atom stereocenters. The Bertz CT molecular complexity index is 983. The Labute approximate surface area is 157 Å². The van der Waals surface area contributed by atoms with Gasteiger partial charge in [-0.2, -0.15) is 5.26 Å². The molecule has 1 aromatic heterocycles. The van der Waals surface area contributed by atoms with E-state index in [9.17, 15) is 5.26 Å². The van der Waals surface area contributed by atoms with Crippen LogP contribution >= 0.6 is 11.6 Å². The quantitative estimate of drug-likeness (QED) is 0.640. The van der Waals surface area contributed by atoms with E-state index >= 15 is 0 Å². The molecule has 0 atom stereocenters. The summed E-state index contributed by atoms with van der Waals surface area (Å²) in [7, 11) is 0. The number of halogens is 1. The summed E-state index contributed by atoms with van der Waals surface area (Å²) >= 11 is 6.07. The van der Waals surface area contributed by atoms with E-state index in [0.717, 1.165) is 11.1 Å². The van der Waals surface area contributed by atoms with Crippen LogP contribution < -0.4 is 14.8 Å². The molecule has 3 aromatic rings. The van der Waals surface area contributed by atoms with Gasteiger partial charge in [0.2, 0.25) is 0 Å². The number of nitriles is 1. The average Bonchev–Trinajstić information content (AvgIpc) is 2.63. The van der Waals surface area contributed by atoms with Gasteiger partial charge in [0.25, 0.3) is 0 Å². The highest BCUT2D eigenvalue weighted by Crippen LogP contribution is 2.37. The second kappa shape index (κ2) is 7.94. The second-order valence-electron chi connectivity index (χ2n) is 5.48. The molecule has 0 aliphatic heterocycles. The first kappa shape index (κ1) is 17.8. The van der Waals surface area contributed by atoms with Crippen molar-refractivity contribution >= 4 is 33.9 Å². The van der Waals surface area contributed by atoms with Crippen molar-refractivity contribution in [2.75, 3.05) is 18.5 Å². The lowest BCUT2D eigenvalue weighted by molar-refractivity contribution is 0.288. The first-order valence-electron chi connectivity index (χ1n) is 8.31. The second-order valence-corrected chi connectivity index (χ2v) is 5.91. The number of hydrogen-bond donors (Lipinski definition) is 1. The van der Waals surface area contributed by atoms with Crippen LogP contribution in [0, 0.1) is 11.3 Å². The van der Waals surface area contributed by atoms with Gasteiger partial charge in [-0.15, -0.1) is 0 Å². The fourth-order valence-corrected chi connectivity index (χ4v) is 2.86. The number of aromatic nitrogens is 1. The molecule has 0 saturated heterocycles. The minimum atomic E-state index is 0.434. The van der Waals surface area contributed by atoms with E-state index in [1.807, 2.05) is 38.1 Å². The maximum atomic E-state index is 9.51. The third-order valence-corrected chi connectivity index (χ3v) is 3.98. The van der Waals surface area contributed by atoms with E-state index in [1.54, 1.807) is 18.3 Å². The maximum absolute atomic E-state index is 9.51. The van der Waals surface area contributed by atoms with Gasteiger partial charge in [-0.05, 0) is 38.1 Å². The molecule has 0 spiro atoms. The van der Waals surface area contributed by atoms with Gasteiger partial charge < -0.3 is 14.8 Å². The highest BCUT2D eigenvalue weighted by molar-refractivity contribution is 6.30. The Morgan fingerprint density at radius 1 is 1.12 bits per heavy atom. The zero-order valence-corrected chi connectivity index (χ0v) is 15.3. The summed E-state index contributed by atoms with van der Waals surface area (Å²) in [4.78, 5) is 4.39. The molecule has 5 nitrogen and oxygen atoms in total. The monoisotopic (exact) mass is 367 g/mol. The third-order valence-electron chi connectivity index (χ3n) is 3.75. The topological polar surface area (TPSA) is 67.2 Å². The molecule has 26 heavy (non-hydrogen) atoms. The van der Waals surface area contributed by atoms with Crippen molar-refractivity contribution in [1.29, 1.82) is 5.26 Å². The predicted octanol–water partition coefficient (Wildman–Crippen LogP) is 5.30. The molecule has 1 heterocycles. The number of nitrogens with zero attached hydrogens (tertiary/aromatic N) is 2. The standard InChI is InChI=1S/C20H18ClN3O2/c1-3-25-18-9-16-17(10-19(18)26-4-2)23-12-13(11-22)20(16)24-15-7-5-6-14(21)8-15/h5-10,12H,3-4H2,1-2H3,(H,23,24). The minimum Gasteiger partial charge on any atom is -0.490 e. The van der Waals surface area contributed by atoms with E-state index in [0.29, 0.717) is 46.5 Å². The van der Waals surface area contributed by atoms with Crippen LogP contribution in [0.25, 0.3) is 10.9 Å². The molecule has 0 fully saturated rings. The van der Waals surface area contributed by atoms with Gasteiger partial charge in [-0.3, -0.25) is 4.98 Å². The maximum Gasteiger partial charge on any atom is 0.163 e. The van der Waals surface area contributed by atoms with Crippen molar-refractivity contribution in [2.45, 2.75) is 13.8 Å². The number of fused-ring (bicyclic) bond motifs is 1. The first-order valence-corrected chi connectivity index (χ1v) is 8.69. The van der Waals surface area contributed by atoms with Crippen molar-refractivity contribution in [3.63, 3.8) is 0 Å². The van der Waals surface area contributed by atoms with Gasteiger partial charge in [-0.25, -0.2) is 0 Å². The van der Waals surface area contributed by atoms with Crippen LogP contribution in [-0.2, 0) is 0 Å². The summed E-state index contributed by atoms with van der Waals surface area (Å²) in [6, 6.07) is 13.2. The molecule has 0 bridgehead atoms. The molecule has 132 valence electrons. The van der Waals surface area contributed by atoms with Crippen molar-refractivity contribution in [3.05, 3.63) is 53.2 Å². The van der Waals surface area contributed by atoms with Gasteiger partial charge in [0.15, 0.2) is 11.5 Å². The van der Waals surface area contributed by atoms with Gasteiger partial charge in [-0.1, -0.05) is 17.7 Å². The highest BCUT2D eigenvalue weighted by atomic mass is 35.5. The summed E-state index contributed by atoms with van der Waals surface area (Å²) in [5, 5.41) is 14.2. The van der Waals surface area contributed by atoms with E-state index in [2.05, 4.69) is 16.4 Å². The molecule has 6 heteroatoms. The number of pyridine rings is 1. The molecule has 1 N–H and O–H groups in total. The van der Waals surface area contributed by atoms with Crippen LogP contribution in [0.5, 0.6) is 11.5 Å². The number of nitrogens with one attached hydrogen (secondary N) is 1. The molecule has 2 aromatic carbocycles. The number of benzene rings is 2. The summed E-state index contributed by atoms with van der Waals surface area (Å²) in [5.74, 6) is 1.25. The largest absolute Gasteiger partial charge is 0.490 e. The van der Waals surface area contributed by atoms with Crippen molar-refractivity contribution in [1.82, 2.24) is 4.98 Å². The first-order chi connectivity index (χ1) is 12.7. The summed E-state index contributed by atoms with van der Waals surface area (Å²) in [5.41, 5.74) is 2.58. The Balaban J connectivity index is 2.18. The molecule has 0 radical (unpaired) electrons. The fourth-order valence-electron chi connectivity index (χ4n) is 2.67. The van der Waals surface area contributed by atoms with Crippen LogP contribution in [0.3, 0.4) is 0 Å². The predicted molar refractivity (Wildman–Crippen MR) is 104 cm³/mol. The molecule has 0 aliphatic rings. The van der Waals surface area contributed by atoms with E-state index in [4.69, 9.17) is 21.1 Å². The zero-order chi connectivity index (χ0) is 18.5. The van der Waals surface area contributed by atoms with Gasteiger partial charge >= 0.3 is 0 Å². The summed E-state index contributed by atoms with van der Waals surface area (Å²) in [6.07, 6.45) is 1.55. The SMILES string of the molecule is CCOc1cc2ncc(C#N)c(Nc3cccc(Cl)c3)c2cc1OCC. The lowest BCUT2D eigenvalue weighted by Gasteiger charge is -2.15. The van der Waals surface area contributed by atoms with Crippen LogP contribution in [0.15, 0.2) is 42.6 Å². The minimum absolute atomic E-state index is 0.434. The van der Waals surface area contributed by atoms with Crippen molar-refractivity contribution < 1.29 is 9.47 Å². The van der Waals surface area contributed by atoms with Crippen LogP contribution in [0.1, 0.15) is 19.4 Å². The van der Waals surface area contributed by atoms with Crippen molar-refractivity contribution in [3.8, 4) is 17.6 Å². The Kier molecular flexibility index (Phi) is 5.45. The third kappa shape index (κ3) is 3.66. The van der Waals surface area contributed by atoms with Gasteiger partial charge in [0, 0.05) is 28.4 Å². The van der Waals surface area contributed by atoms with Gasteiger partial charge in [0.1, 0.15) is 6.07 Å². The van der Waals surface area contributed by atoms with Crippen LogP contribution in [-0.4, -0.2) is 18.2 Å². The smallest absolute Gasteiger partial charge is 0.163 e. The Morgan fingerprint density at radius 3 is 2.50 bits per heavy atom. The van der Waals surface area contributed by atoms with Crippen LogP contribution in [0.4, 0.5) is 11.4 Å². The Morgan fingerprint density at radius 2 is 1.85 bits per heavy atom. The molecule has 0 amide bonds. The fraction of sp³-hybridized carbons (Fsp3) is 0.200. The number of anilines is 2. The van der Waals surface area contributed by atoms with E-state index < -0.39 is 0 Å². The molecule has 0 saturated carbocycles. The van der Waals surface area contributed by atoms with Crippen LogP contribution in [0.2, 0.25) is 5.02 Å². The van der Waals surface area contributed by atoms with Gasteiger partial charge in [0.05, 0.1) is 30.0 Å². The van der Waals surface area contributed by atoms with E-state index in [1.165, 1.54) is 0 Å². The average molecular weight is 368 g/mol. The normalized spacial score (nSPS) is 10.4. The molecule has 0 aliphatic carbocycles. The zero-order valence-electron chi connectivity index (χ0n) is 14.5. The number of hydrogen-bond acceptors (Lipinski definition) is 5.